The van der Waals surface area contributed by atoms with Gasteiger partial charge in [0.25, 0.3) is 5.91 Å². The summed E-state index contributed by atoms with van der Waals surface area (Å²) in [6.45, 7) is 0.264. The van der Waals surface area contributed by atoms with Crippen LogP contribution in [0, 0.1) is 11.6 Å². The van der Waals surface area contributed by atoms with Gasteiger partial charge in [-0.1, -0.05) is 35.3 Å². The van der Waals surface area contributed by atoms with Crippen LogP contribution in [0.2, 0.25) is 10.0 Å². The molecule has 1 heterocycles. The van der Waals surface area contributed by atoms with Crippen LogP contribution in [0.5, 0.6) is 0 Å². The fourth-order valence-electron chi connectivity index (χ4n) is 5.12. The predicted octanol–water partition coefficient (Wildman–Crippen LogP) is 7.45. The van der Waals surface area contributed by atoms with E-state index < -0.39 is 29.0 Å². The molecule has 1 aliphatic carbocycles. The number of aromatic carboxylic acids is 1. The van der Waals surface area contributed by atoms with Gasteiger partial charge in [0, 0.05) is 21.5 Å². The zero-order valence-electron chi connectivity index (χ0n) is 21.3. The number of carboxylic acids is 1. The molecule has 1 amide bonds. The third-order valence-electron chi connectivity index (χ3n) is 7.22. The first-order valence-electron chi connectivity index (χ1n) is 12.7. The molecule has 4 aromatic carbocycles. The number of halogens is 4. The van der Waals surface area contributed by atoms with E-state index in [9.17, 15) is 23.5 Å². The van der Waals surface area contributed by atoms with Crippen LogP contribution in [0.3, 0.4) is 0 Å². The summed E-state index contributed by atoms with van der Waals surface area (Å²) >= 11 is 12.4. The Morgan fingerprint density at radius 3 is 2.15 bits per heavy atom. The molecule has 0 bridgehead atoms. The van der Waals surface area contributed by atoms with Crippen LogP contribution in [0.15, 0.2) is 79.0 Å². The van der Waals surface area contributed by atoms with Gasteiger partial charge < -0.3 is 10.4 Å². The highest BCUT2D eigenvalue weighted by atomic mass is 35.5. The molecular formula is C31H21Cl2F2N3O3. The maximum Gasteiger partial charge on any atom is 0.335 e. The van der Waals surface area contributed by atoms with Crippen molar-refractivity contribution >= 4 is 46.0 Å². The Balaban J connectivity index is 1.44. The van der Waals surface area contributed by atoms with Gasteiger partial charge in [0.2, 0.25) is 0 Å². The zero-order chi connectivity index (χ0) is 28.9. The third-order valence-corrected chi connectivity index (χ3v) is 7.65. The third kappa shape index (κ3) is 5.40. The normalized spacial score (nSPS) is 13.8. The van der Waals surface area contributed by atoms with Crippen LogP contribution in [0.1, 0.15) is 44.7 Å². The molecule has 6 rings (SSSR count). The second-order valence-electron chi connectivity index (χ2n) is 10.1. The molecule has 0 radical (unpaired) electrons. The molecule has 5 aromatic rings. The number of hydrogen-bond acceptors (Lipinski definition) is 3. The Hall–Kier alpha value is -4.27. The van der Waals surface area contributed by atoms with Gasteiger partial charge in [-0.15, -0.1) is 0 Å². The number of carboxylic acid groups (broad SMARTS) is 1. The highest BCUT2D eigenvalue weighted by Gasteiger charge is 2.46. The number of nitrogens with zero attached hydrogens (tertiary/aromatic N) is 2. The van der Waals surface area contributed by atoms with Gasteiger partial charge in [-0.25, -0.2) is 13.6 Å². The molecule has 2 N–H and O–H groups in total. The van der Waals surface area contributed by atoms with Gasteiger partial charge in [0.15, 0.2) is 0 Å². The minimum atomic E-state index is -1.03. The molecule has 206 valence electrons. The highest BCUT2D eigenvalue weighted by molar-refractivity contribution is 6.34. The van der Waals surface area contributed by atoms with E-state index in [-0.39, 0.29) is 23.2 Å². The van der Waals surface area contributed by atoms with E-state index in [0.717, 1.165) is 17.2 Å². The lowest BCUT2D eigenvalue weighted by atomic mass is 9.98. The molecule has 41 heavy (non-hydrogen) atoms. The summed E-state index contributed by atoms with van der Waals surface area (Å²) in [7, 11) is 0. The van der Waals surface area contributed by atoms with Crippen molar-refractivity contribution < 1.29 is 23.5 Å². The maximum atomic E-state index is 14.1. The number of nitrogens with one attached hydrogen (secondary N) is 1. The molecule has 6 nitrogen and oxygen atoms in total. The summed E-state index contributed by atoms with van der Waals surface area (Å²) in [4.78, 5) is 25.2. The predicted molar refractivity (Wildman–Crippen MR) is 152 cm³/mol. The van der Waals surface area contributed by atoms with E-state index in [1.165, 1.54) is 24.3 Å². The van der Waals surface area contributed by atoms with E-state index in [4.69, 9.17) is 23.2 Å². The fourth-order valence-corrected chi connectivity index (χ4v) is 5.69. The number of aromatic nitrogens is 2. The molecular weight excluding hydrogens is 571 g/mol. The first kappa shape index (κ1) is 26.9. The molecule has 1 saturated carbocycles. The van der Waals surface area contributed by atoms with Crippen molar-refractivity contribution in [2.24, 2.45) is 0 Å². The first-order chi connectivity index (χ1) is 19.6. The number of rotatable bonds is 7. The molecule has 1 fully saturated rings. The van der Waals surface area contributed by atoms with Crippen LogP contribution in [0.25, 0.3) is 22.0 Å². The number of benzene rings is 4. The average molecular weight is 592 g/mol. The summed E-state index contributed by atoms with van der Waals surface area (Å²) in [5.74, 6) is -2.91. The number of carbonyl (C=O) groups is 2. The molecule has 1 aromatic heterocycles. The van der Waals surface area contributed by atoms with Crippen molar-refractivity contribution in [1.82, 2.24) is 15.1 Å². The van der Waals surface area contributed by atoms with Crippen LogP contribution in [-0.4, -0.2) is 26.8 Å². The standard InChI is InChI=1S/C31H21Cl2F2N3O3/c32-23-7-17(8-24(33)13-23)16-38-28-21(15-36-38)9-19(20-10-25(34)14-26(35)11-20)12-27(28)29(39)37-31(5-6-31)22-3-1-18(2-4-22)30(40)41/h1-4,7-15H,5-6,16H2,(H,37,39)(H,40,41). The van der Waals surface area contributed by atoms with Gasteiger partial charge in [0.1, 0.15) is 11.6 Å². The van der Waals surface area contributed by atoms with E-state index in [1.54, 1.807) is 53.3 Å². The smallest absolute Gasteiger partial charge is 0.335 e. The lowest BCUT2D eigenvalue weighted by molar-refractivity contribution is 0.0696. The first-order valence-corrected chi connectivity index (χ1v) is 13.4. The Morgan fingerprint density at radius 1 is 0.902 bits per heavy atom. The van der Waals surface area contributed by atoms with E-state index >= 15 is 0 Å². The van der Waals surface area contributed by atoms with Crippen molar-refractivity contribution in [3.05, 3.63) is 123 Å². The molecule has 0 saturated heterocycles. The summed E-state index contributed by atoms with van der Waals surface area (Å²) in [6.07, 6.45) is 2.93. The highest BCUT2D eigenvalue weighted by Crippen LogP contribution is 2.46. The van der Waals surface area contributed by atoms with E-state index in [1.807, 2.05) is 0 Å². The van der Waals surface area contributed by atoms with Gasteiger partial charge in [0.05, 0.1) is 34.9 Å². The monoisotopic (exact) mass is 591 g/mol. The maximum absolute atomic E-state index is 14.1. The molecule has 0 aliphatic heterocycles. The van der Waals surface area contributed by atoms with Gasteiger partial charge >= 0.3 is 5.97 Å². The van der Waals surface area contributed by atoms with Gasteiger partial charge in [-0.05, 0) is 89.7 Å². The molecule has 1 aliphatic rings. The van der Waals surface area contributed by atoms with E-state index in [2.05, 4.69) is 10.4 Å². The number of amides is 1. The number of carbonyl (C=O) groups excluding carboxylic acids is 1. The Bertz CT molecular complexity index is 1810. The Morgan fingerprint density at radius 2 is 1.54 bits per heavy atom. The largest absolute Gasteiger partial charge is 0.478 e. The minimum absolute atomic E-state index is 0.151. The van der Waals surface area contributed by atoms with Gasteiger partial charge in [-0.3, -0.25) is 9.48 Å². The second-order valence-corrected chi connectivity index (χ2v) is 11.0. The van der Waals surface area contributed by atoms with Crippen molar-refractivity contribution in [1.29, 1.82) is 0 Å². The molecule has 0 unspecified atom stereocenters. The summed E-state index contributed by atoms with van der Waals surface area (Å²) in [5, 5.41) is 18.4. The van der Waals surface area contributed by atoms with Crippen LogP contribution in [0.4, 0.5) is 8.78 Å². The number of hydrogen-bond donors (Lipinski definition) is 2. The SMILES string of the molecule is O=C(O)c1ccc(C2(NC(=O)c3cc(-c4cc(F)cc(F)c4)cc4cnn(Cc5cc(Cl)cc(Cl)c5)c34)CC2)cc1. The fraction of sp³-hybridized carbons (Fsp3) is 0.129. The second kappa shape index (κ2) is 10.3. The quantitative estimate of drug-likeness (QED) is 0.206. The topological polar surface area (TPSA) is 84.2 Å². The lowest BCUT2D eigenvalue weighted by Gasteiger charge is -2.19. The Labute approximate surface area is 243 Å². The average Bonchev–Trinajstić information content (AvgIpc) is 3.59. The Kier molecular flexibility index (Phi) is 6.76. The van der Waals surface area contributed by atoms with Crippen molar-refractivity contribution in [2.45, 2.75) is 24.9 Å². The van der Waals surface area contributed by atoms with Gasteiger partial charge in [-0.2, -0.15) is 5.10 Å². The van der Waals surface area contributed by atoms with Crippen molar-refractivity contribution in [3.8, 4) is 11.1 Å². The lowest BCUT2D eigenvalue weighted by Crippen LogP contribution is -2.35. The zero-order valence-corrected chi connectivity index (χ0v) is 22.8. The molecule has 0 atom stereocenters. The summed E-state index contributed by atoms with van der Waals surface area (Å²) in [6, 6.07) is 18.1. The minimum Gasteiger partial charge on any atom is -0.478 e. The van der Waals surface area contributed by atoms with E-state index in [0.29, 0.717) is 39.4 Å². The summed E-state index contributed by atoms with van der Waals surface area (Å²) < 4.78 is 29.9. The van der Waals surface area contributed by atoms with Crippen LogP contribution in [-0.2, 0) is 12.1 Å². The van der Waals surface area contributed by atoms with Crippen molar-refractivity contribution in [2.75, 3.05) is 0 Å². The molecule has 10 heteroatoms. The summed E-state index contributed by atoms with van der Waals surface area (Å²) in [5.41, 5.74) is 2.56. The van der Waals surface area contributed by atoms with Crippen LogP contribution < -0.4 is 5.32 Å². The van der Waals surface area contributed by atoms with Crippen molar-refractivity contribution in [3.63, 3.8) is 0 Å². The molecule has 0 spiro atoms. The van der Waals surface area contributed by atoms with Crippen LogP contribution >= 0.6 is 23.2 Å². The number of fused-ring (bicyclic) bond motifs is 1.